The molecule has 0 aromatic heterocycles. The Labute approximate surface area is 70.3 Å². The number of hydrogen-bond donors (Lipinski definition) is 0. The maximum atomic E-state index is 10.9. The van der Waals surface area contributed by atoms with Gasteiger partial charge in [0, 0.05) is 0 Å². The number of carbonyl (C=O) groups is 2. The van der Waals surface area contributed by atoms with Crippen molar-refractivity contribution in [3.05, 3.63) is 0 Å². The molecule has 2 atom stereocenters. The van der Waals surface area contributed by atoms with Gasteiger partial charge in [0.15, 0.2) is 4.95 Å². The summed E-state index contributed by atoms with van der Waals surface area (Å²) in [5, 5.41) is 0.181. The molecule has 3 nitrogen and oxygen atoms in total. The Morgan fingerprint density at radius 2 is 2.30 bits per heavy atom. The standard InChI is InChI=1S/C5H4BrNO2S/c6-4-5(9)10-3-1-2(8)7(3)4/h3-4H,1H2/t3-,4?/m1/s1. The average Bonchev–Trinajstić information content (AvgIpc) is 2.05. The first kappa shape index (κ1) is 6.67. The average molecular weight is 222 g/mol. The lowest BCUT2D eigenvalue weighted by atomic mass is 10.2. The van der Waals surface area contributed by atoms with E-state index in [9.17, 15) is 9.59 Å². The van der Waals surface area contributed by atoms with Crippen LogP contribution < -0.4 is 0 Å². The molecule has 0 radical (unpaired) electrons. The maximum absolute atomic E-state index is 10.9. The van der Waals surface area contributed by atoms with Gasteiger partial charge in [-0.15, -0.1) is 0 Å². The Balaban J connectivity index is 2.23. The summed E-state index contributed by atoms with van der Waals surface area (Å²) in [4.78, 5) is 22.9. The number of β-lactam (4-membered cyclic amide) rings is 1. The van der Waals surface area contributed by atoms with E-state index in [2.05, 4.69) is 15.9 Å². The molecular weight excluding hydrogens is 218 g/mol. The number of carbonyl (C=O) groups excluding carboxylic acids is 2. The number of fused-ring (bicyclic) bond motifs is 1. The summed E-state index contributed by atoms with van der Waals surface area (Å²) in [6.45, 7) is 0. The Morgan fingerprint density at radius 1 is 1.60 bits per heavy atom. The molecule has 2 rings (SSSR count). The van der Waals surface area contributed by atoms with Gasteiger partial charge in [-0.3, -0.25) is 9.59 Å². The molecule has 10 heavy (non-hydrogen) atoms. The first-order valence-corrected chi connectivity index (χ1v) is 4.65. The number of rotatable bonds is 0. The van der Waals surface area contributed by atoms with E-state index in [-0.39, 0.29) is 21.3 Å². The van der Waals surface area contributed by atoms with Crippen molar-refractivity contribution in [2.45, 2.75) is 16.7 Å². The Morgan fingerprint density at radius 3 is 2.70 bits per heavy atom. The largest absolute Gasteiger partial charge is 0.309 e. The van der Waals surface area contributed by atoms with Crippen LogP contribution >= 0.6 is 27.7 Å². The van der Waals surface area contributed by atoms with Crippen molar-refractivity contribution < 1.29 is 9.59 Å². The number of alkyl halides is 1. The van der Waals surface area contributed by atoms with Crippen molar-refractivity contribution in [1.82, 2.24) is 4.90 Å². The van der Waals surface area contributed by atoms with Gasteiger partial charge in [0.05, 0.1) is 11.8 Å². The quantitative estimate of drug-likeness (QED) is 0.341. The Hall–Kier alpha value is -0.0300. The van der Waals surface area contributed by atoms with Crippen LogP contribution in [-0.4, -0.2) is 26.2 Å². The first-order chi connectivity index (χ1) is 4.70. The smallest absolute Gasteiger partial charge is 0.227 e. The Kier molecular flexibility index (Phi) is 1.32. The number of thioether (sulfide) groups is 1. The molecule has 0 aliphatic carbocycles. The van der Waals surface area contributed by atoms with Crippen LogP contribution in [0.3, 0.4) is 0 Å². The van der Waals surface area contributed by atoms with Gasteiger partial charge < -0.3 is 4.90 Å². The van der Waals surface area contributed by atoms with Crippen molar-refractivity contribution in [2.75, 3.05) is 0 Å². The minimum absolute atomic E-state index is 0.0517. The third-order valence-electron chi connectivity index (χ3n) is 1.64. The minimum Gasteiger partial charge on any atom is -0.309 e. The zero-order valence-corrected chi connectivity index (χ0v) is 7.31. The van der Waals surface area contributed by atoms with Crippen LogP contribution in [0.15, 0.2) is 0 Å². The molecule has 2 fully saturated rings. The van der Waals surface area contributed by atoms with Crippen LogP contribution in [0.25, 0.3) is 0 Å². The van der Waals surface area contributed by atoms with Gasteiger partial charge in [-0.25, -0.2) is 0 Å². The molecule has 2 aliphatic rings. The molecule has 0 aromatic carbocycles. The maximum Gasteiger partial charge on any atom is 0.227 e. The fraction of sp³-hybridized carbons (Fsp3) is 0.600. The van der Waals surface area contributed by atoms with Gasteiger partial charge in [-0.2, -0.15) is 0 Å². The van der Waals surface area contributed by atoms with E-state index in [4.69, 9.17) is 0 Å². The fourth-order valence-corrected chi connectivity index (χ4v) is 3.14. The lowest BCUT2D eigenvalue weighted by Gasteiger charge is -2.33. The number of hydrogen-bond acceptors (Lipinski definition) is 3. The molecule has 0 aromatic rings. The van der Waals surface area contributed by atoms with E-state index in [0.717, 1.165) is 0 Å². The summed E-state index contributed by atoms with van der Waals surface area (Å²) in [5.41, 5.74) is 0. The van der Waals surface area contributed by atoms with Gasteiger partial charge in [0.2, 0.25) is 11.0 Å². The van der Waals surface area contributed by atoms with Crippen molar-refractivity contribution in [3.8, 4) is 0 Å². The third-order valence-corrected chi connectivity index (χ3v) is 3.92. The molecule has 2 saturated heterocycles. The summed E-state index contributed by atoms with van der Waals surface area (Å²) in [6, 6.07) is 0. The fourth-order valence-electron chi connectivity index (χ4n) is 1.08. The summed E-state index contributed by atoms with van der Waals surface area (Å²) in [6.07, 6.45) is 0.526. The number of amides is 1. The van der Waals surface area contributed by atoms with E-state index < -0.39 is 0 Å². The second-order valence-electron chi connectivity index (χ2n) is 2.23. The molecule has 5 heteroatoms. The SMILES string of the molecule is O=C1S[C@@H]2CC(=O)N2C1Br. The molecule has 0 bridgehead atoms. The summed E-state index contributed by atoms with van der Waals surface area (Å²) < 4.78 is 0. The second-order valence-corrected chi connectivity index (χ2v) is 4.28. The van der Waals surface area contributed by atoms with Gasteiger partial charge in [-0.05, 0) is 0 Å². The van der Waals surface area contributed by atoms with Gasteiger partial charge in [0.25, 0.3) is 0 Å². The highest BCUT2D eigenvalue weighted by molar-refractivity contribution is 9.10. The highest BCUT2D eigenvalue weighted by atomic mass is 79.9. The second kappa shape index (κ2) is 1.98. The van der Waals surface area contributed by atoms with E-state index in [1.807, 2.05) is 0 Å². The van der Waals surface area contributed by atoms with Crippen LogP contribution in [-0.2, 0) is 9.59 Å². The number of halogens is 1. The summed E-state index contributed by atoms with van der Waals surface area (Å²) in [5.74, 6) is 0.0743. The van der Waals surface area contributed by atoms with Crippen LogP contribution in [0.1, 0.15) is 6.42 Å². The van der Waals surface area contributed by atoms with Crippen molar-refractivity contribution in [1.29, 1.82) is 0 Å². The van der Waals surface area contributed by atoms with Crippen LogP contribution in [0.2, 0.25) is 0 Å². The van der Waals surface area contributed by atoms with Gasteiger partial charge in [0.1, 0.15) is 0 Å². The monoisotopic (exact) mass is 221 g/mol. The van der Waals surface area contributed by atoms with Gasteiger partial charge in [-0.1, -0.05) is 27.7 Å². The zero-order chi connectivity index (χ0) is 7.30. The van der Waals surface area contributed by atoms with Crippen molar-refractivity contribution >= 4 is 38.7 Å². The predicted octanol–water partition coefficient (Wildman–Crippen LogP) is 0.539. The van der Waals surface area contributed by atoms with E-state index >= 15 is 0 Å². The normalized spacial score (nSPS) is 37.9. The van der Waals surface area contributed by atoms with Crippen LogP contribution in [0.4, 0.5) is 0 Å². The molecular formula is C5H4BrNO2S. The molecule has 0 N–H and O–H groups in total. The summed E-state index contributed by atoms with van der Waals surface area (Å²) >= 11 is 4.38. The predicted molar refractivity (Wildman–Crippen MR) is 40.6 cm³/mol. The highest BCUT2D eigenvalue weighted by Crippen LogP contribution is 2.42. The topological polar surface area (TPSA) is 37.4 Å². The molecule has 1 amide bonds. The molecule has 2 heterocycles. The van der Waals surface area contributed by atoms with Crippen molar-refractivity contribution in [3.63, 3.8) is 0 Å². The highest BCUT2D eigenvalue weighted by Gasteiger charge is 2.50. The lowest BCUT2D eigenvalue weighted by molar-refractivity contribution is -0.142. The molecule has 0 spiro atoms. The third kappa shape index (κ3) is 0.674. The summed E-state index contributed by atoms with van der Waals surface area (Å²) in [7, 11) is 0. The first-order valence-electron chi connectivity index (χ1n) is 2.86. The Bertz CT molecular complexity index is 220. The lowest BCUT2D eigenvalue weighted by Crippen LogP contribution is -2.50. The molecule has 1 unspecified atom stereocenters. The zero-order valence-electron chi connectivity index (χ0n) is 4.91. The molecule has 0 saturated carbocycles. The van der Waals surface area contributed by atoms with E-state index in [1.165, 1.54) is 11.8 Å². The van der Waals surface area contributed by atoms with Gasteiger partial charge >= 0.3 is 0 Å². The molecule has 54 valence electrons. The van der Waals surface area contributed by atoms with Crippen molar-refractivity contribution in [2.24, 2.45) is 0 Å². The van der Waals surface area contributed by atoms with E-state index in [0.29, 0.717) is 6.42 Å². The number of nitrogens with zero attached hydrogens (tertiary/aromatic N) is 1. The molecule has 2 aliphatic heterocycles. The minimum atomic E-state index is -0.358. The van der Waals surface area contributed by atoms with Crippen LogP contribution in [0, 0.1) is 0 Å². The van der Waals surface area contributed by atoms with Crippen LogP contribution in [0.5, 0.6) is 0 Å². The van der Waals surface area contributed by atoms with E-state index in [1.54, 1.807) is 4.90 Å².